The van der Waals surface area contributed by atoms with E-state index in [0.29, 0.717) is 27.1 Å². The van der Waals surface area contributed by atoms with E-state index in [4.69, 9.17) is 17.0 Å². The van der Waals surface area contributed by atoms with E-state index in [1.54, 1.807) is 23.9 Å². The Hall–Kier alpha value is -1.96. The van der Waals surface area contributed by atoms with Crippen molar-refractivity contribution in [1.29, 1.82) is 0 Å². The first kappa shape index (κ1) is 18.8. The Labute approximate surface area is 166 Å². The minimum Gasteiger partial charge on any atom is -0.504 e. The molecule has 0 unspecified atom stereocenters. The maximum absolute atomic E-state index is 11.9. The molecule has 1 saturated heterocycles. The highest BCUT2D eigenvalue weighted by molar-refractivity contribution is 8.26. The van der Waals surface area contributed by atoms with Crippen molar-refractivity contribution >= 4 is 52.0 Å². The van der Waals surface area contributed by atoms with Gasteiger partial charge in [0.2, 0.25) is 0 Å². The highest BCUT2D eigenvalue weighted by atomic mass is 32.2. The van der Waals surface area contributed by atoms with Crippen LogP contribution in [0.3, 0.4) is 0 Å². The summed E-state index contributed by atoms with van der Waals surface area (Å²) in [5.74, 6) is 0.263. The van der Waals surface area contributed by atoms with Crippen LogP contribution in [0.2, 0.25) is 0 Å². The predicted molar refractivity (Wildman–Crippen MR) is 113 cm³/mol. The average Bonchev–Trinajstić information content (AvgIpc) is 2.95. The quantitative estimate of drug-likeness (QED) is 0.430. The Morgan fingerprint density at radius 1 is 1.31 bits per heavy atom. The van der Waals surface area contributed by atoms with E-state index in [9.17, 15) is 9.90 Å². The van der Waals surface area contributed by atoms with Crippen LogP contribution in [0.4, 0.5) is 0 Å². The maximum Gasteiger partial charge on any atom is 0.263 e. The molecule has 0 aromatic heterocycles. The molecular weight excluding hydrogens is 386 g/mol. The van der Waals surface area contributed by atoms with E-state index in [2.05, 4.69) is 5.32 Å². The summed E-state index contributed by atoms with van der Waals surface area (Å²) >= 11 is 7.91. The fourth-order valence-electron chi connectivity index (χ4n) is 2.54. The van der Waals surface area contributed by atoms with Crippen molar-refractivity contribution in [3.05, 3.63) is 46.9 Å². The summed E-state index contributed by atoms with van der Waals surface area (Å²) in [7, 11) is 0. The normalized spacial score (nSPS) is 15.4. The number of rotatable bonds is 5. The number of thioether (sulfide) groups is 2. The molecule has 1 aliphatic rings. The summed E-state index contributed by atoms with van der Waals surface area (Å²) in [6.07, 6.45) is 3.77. The van der Waals surface area contributed by atoms with Crippen LogP contribution in [0, 0.1) is 0 Å². The second-order valence-corrected chi connectivity index (χ2v) is 8.03. The number of hydrogen-bond donors (Lipinski definition) is 2. The highest BCUT2D eigenvalue weighted by Gasteiger charge is 2.22. The first-order chi connectivity index (χ1) is 12.5. The van der Waals surface area contributed by atoms with Crippen molar-refractivity contribution < 1.29 is 14.6 Å². The van der Waals surface area contributed by atoms with Gasteiger partial charge in [-0.25, -0.2) is 0 Å². The van der Waals surface area contributed by atoms with Crippen LogP contribution < -0.4 is 10.1 Å². The number of hydrogen-bond acceptors (Lipinski definition) is 6. The average molecular weight is 404 g/mol. The molecule has 1 amide bonds. The van der Waals surface area contributed by atoms with E-state index in [1.165, 1.54) is 11.8 Å². The van der Waals surface area contributed by atoms with Crippen molar-refractivity contribution in [3.8, 4) is 22.6 Å². The molecule has 0 aliphatic carbocycles. The molecule has 1 fully saturated rings. The van der Waals surface area contributed by atoms with Crippen molar-refractivity contribution in [2.24, 2.45) is 0 Å². The number of aromatic hydroxyl groups is 1. The predicted octanol–water partition coefficient (Wildman–Crippen LogP) is 4.67. The van der Waals surface area contributed by atoms with E-state index >= 15 is 0 Å². The lowest BCUT2D eigenvalue weighted by molar-refractivity contribution is -0.115. The van der Waals surface area contributed by atoms with E-state index < -0.39 is 0 Å². The highest BCUT2D eigenvalue weighted by Crippen LogP contribution is 2.40. The van der Waals surface area contributed by atoms with Gasteiger partial charge >= 0.3 is 0 Å². The number of amides is 1. The lowest BCUT2D eigenvalue weighted by Crippen LogP contribution is -2.17. The van der Waals surface area contributed by atoms with Gasteiger partial charge in [0, 0.05) is 10.5 Å². The lowest BCUT2D eigenvalue weighted by atomic mass is 10.0. The van der Waals surface area contributed by atoms with E-state index in [0.717, 1.165) is 16.0 Å². The molecule has 26 heavy (non-hydrogen) atoms. The molecule has 0 radical (unpaired) electrons. The summed E-state index contributed by atoms with van der Waals surface area (Å²) in [4.78, 5) is 13.6. The number of phenols is 1. The molecule has 3 rings (SSSR count). The van der Waals surface area contributed by atoms with Crippen LogP contribution >= 0.6 is 35.7 Å². The van der Waals surface area contributed by atoms with Crippen LogP contribution in [0.1, 0.15) is 12.5 Å². The number of thiocarbonyl (C=S) groups is 1. The Balaban J connectivity index is 2.08. The smallest absolute Gasteiger partial charge is 0.263 e. The number of carbonyl (C=O) groups excluding carboxylic acids is 1. The van der Waals surface area contributed by atoms with Crippen LogP contribution in [-0.4, -0.2) is 28.2 Å². The molecule has 2 N–H and O–H groups in total. The third-order valence-corrected chi connectivity index (χ3v) is 5.64. The molecule has 7 heteroatoms. The summed E-state index contributed by atoms with van der Waals surface area (Å²) in [6, 6.07) is 11.5. The van der Waals surface area contributed by atoms with Gasteiger partial charge in [0.15, 0.2) is 11.5 Å². The summed E-state index contributed by atoms with van der Waals surface area (Å²) < 4.78 is 6.02. The first-order valence-corrected chi connectivity index (χ1v) is 10.4. The molecule has 1 aliphatic heterocycles. The van der Waals surface area contributed by atoms with Crippen LogP contribution in [0.5, 0.6) is 11.5 Å². The van der Waals surface area contributed by atoms with Crippen LogP contribution in [0.25, 0.3) is 17.2 Å². The molecule has 134 valence electrons. The molecule has 0 spiro atoms. The van der Waals surface area contributed by atoms with Crippen molar-refractivity contribution in [3.63, 3.8) is 0 Å². The van der Waals surface area contributed by atoms with Gasteiger partial charge < -0.3 is 15.2 Å². The third kappa shape index (κ3) is 4.06. The summed E-state index contributed by atoms with van der Waals surface area (Å²) in [5.41, 5.74) is 2.29. The number of ether oxygens (including phenoxy) is 1. The summed E-state index contributed by atoms with van der Waals surface area (Å²) in [6.45, 7) is 2.29. The van der Waals surface area contributed by atoms with Crippen LogP contribution in [0.15, 0.2) is 46.2 Å². The molecule has 1 heterocycles. The molecule has 0 atom stereocenters. The zero-order valence-electron chi connectivity index (χ0n) is 14.2. The van der Waals surface area contributed by atoms with Gasteiger partial charge in [-0.05, 0) is 54.6 Å². The molecule has 2 aromatic rings. The van der Waals surface area contributed by atoms with Crippen LogP contribution in [-0.2, 0) is 4.79 Å². The van der Waals surface area contributed by atoms with E-state index in [-0.39, 0.29) is 11.7 Å². The van der Waals surface area contributed by atoms with Crippen molar-refractivity contribution in [2.45, 2.75) is 11.8 Å². The molecule has 2 aromatic carbocycles. The van der Waals surface area contributed by atoms with Gasteiger partial charge in [0.05, 0.1) is 11.5 Å². The maximum atomic E-state index is 11.9. The Morgan fingerprint density at radius 2 is 2.04 bits per heavy atom. The zero-order valence-corrected chi connectivity index (χ0v) is 16.7. The topological polar surface area (TPSA) is 58.6 Å². The van der Waals surface area contributed by atoms with Gasteiger partial charge in [0.25, 0.3) is 5.91 Å². The van der Waals surface area contributed by atoms with Gasteiger partial charge in [-0.2, -0.15) is 0 Å². The fraction of sp³-hybridized carbons (Fsp3) is 0.158. The standard InChI is InChI=1S/C19H17NO3S3/c1-3-23-15-9-11(10-16-18(22)20-19(24)26-16)8-14(17(15)21)12-4-6-13(25-2)7-5-12/h4-10,21H,3H2,1-2H3,(H,20,22,24). The monoisotopic (exact) mass is 403 g/mol. The Morgan fingerprint density at radius 3 is 2.62 bits per heavy atom. The van der Waals surface area contributed by atoms with Gasteiger partial charge in [0.1, 0.15) is 4.32 Å². The lowest BCUT2D eigenvalue weighted by Gasteiger charge is -2.13. The Bertz CT molecular complexity index is 892. The largest absolute Gasteiger partial charge is 0.504 e. The van der Waals surface area contributed by atoms with Gasteiger partial charge in [-0.15, -0.1) is 11.8 Å². The first-order valence-electron chi connectivity index (χ1n) is 7.91. The Kier molecular flexibility index (Phi) is 5.90. The second kappa shape index (κ2) is 8.16. The number of nitrogens with one attached hydrogen (secondary N) is 1. The summed E-state index contributed by atoms with van der Waals surface area (Å²) in [5, 5.41) is 13.2. The minimum absolute atomic E-state index is 0.0879. The molecule has 0 bridgehead atoms. The van der Waals surface area contributed by atoms with E-state index in [1.807, 2.05) is 43.5 Å². The number of carbonyl (C=O) groups is 1. The zero-order chi connectivity index (χ0) is 18.7. The second-order valence-electron chi connectivity index (χ2n) is 5.43. The third-order valence-electron chi connectivity index (χ3n) is 3.74. The molecule has 4 nitrogen and oxygen atoms in total. The molecule has 0 saturated carbocycles. The number of benzene rings is 2. The van der Waals surface area contributed by atoms with Gasteiger partial charge in [-0.3, -0.25) is 4.79 Å². The number of phenolic OH excluding ortho intramolecular Hbond substituents is 1. The SMILES string of the molecule is CCOc1cc(C=C2SC(=S)NC2=O)cc(-c2ccc(SC)cc2)c1O. The van der Waals surface area contributed by atoms with Crippen molar-refractivity contribution in [2.75, 3.05) is 12.9 Å². The van der Waals surface area contributed by atoms with Gasteiger partial charge in [-0.1, -0.05) is 36.1 Å². The van der Waals surface area contributed by atoms with Crippen molar-refractivity contribution in [1.82, 2.24) is 5.32 Å². The minimum atomic E-state index is -0.211. The molecular formula is C19H17NO3S3. The fourth-order valence-corrected chi connectivity index (χ4v) is 3.99.